The van der Waals surface area contributed by atoms with Crippen molar-refractivity contribution in [1.29, 1.82) is 0 Å². The lowest BCUT2D eigenvalue weighted by Crippen LogP contribution is -2.02. The third kappa shape index (κ3) is 4.06. The second kappa shape index (κ2) is 6.70. The molecule has 19 heavy (non-hydrogen) atoms. The average Bonchev–Trinajstić information content (AvgIpc) is 2.37. The fraction of sp³-hybridized carbons (Fsp3) is 0.231. The molecule has 0 amide bonds. The molecule has 4 nitrogen and oxygen atoms in total. The van der Waals surface area contributed by atoms with E-state index < -0.39 is 0 Å². The standard InChI is InChI=1S/C13H12Cl2N2O2/c1-18-8-12-16-11(15)6-13(17-12)19-7-9-4-2-3-5-10(9)14/h2-6H,7-8H2,1H3. The van der Waals surface area contributed by atoms with Crippen LogP contribution in [0.1, 0.15) is 11.4 Å². The van der Waals surface area contributed by atoms with E-state index in [9.17, 15) is 0 Å². The number of hydrogen-bond acceptors (Lipinski definition) is 4. The van der Waals surface area contributed by atoms with Crippen molar-refractivity contribution in [2.75, 3.05) is 7.11 Å². The lowest BCUT2D eigenvalue weighted by molar-refractivity contribution is 0.176. The smallest absolute Gasteiger partial charge is 0.218 e. The molecule has 0 fully saturated rings. The van der Waals surface area contributed by atoms with Gasteiger partial charge in [-0.1, -0.05) is 41.4 Å². The van der Waals surface area contributed by atoms with Crippen LogP contribution in [-0.4, -0.2) is 17.1 Å². The normalized spacial score (nSPS) is 10.5. The molecule has 2 rings (SSSR count). The Labute approximate surface area is 121 Å². The molecule has 2 aromatic rings. The summed E-state index contributed by atoms with van der Waals surface area (Å²) in [5.41, 5.74) is 0.882. The maximum Gasteiger partial charge on any atom is 0.218 e. The van der Waals surface area contributed by atoms with E-state index in [-0.39, 0.29) is 6.61 Å². The lowest BCUT2D eigenvalue weighted by atomic mass is 10.2. The molecule has 6 heteroatoms. The molecule has 0 saturated carbocycles. The predicted octanol–water partition coefficient (Wildman–Crippen LogP) is 3.51. The summed E-state index contributed by atoms with van der Waals surface area (Å²) >= 11 is 11.9. The monoisotopic (exact) mass is 298 g/mol. The van der Waals surface area contributed by atoms with Gasteiger partial charge >= 0.3 is 0 Å². The SMILES string of the molecule is COCc1nc(Cl)cc(OCc2ccccc2Cl)n1. The first kappa shape index (κ1) is 14.1. The van der Waals surface area contributed by atoms with Crippen LogP contribution in [0, 0.1) is 0 Å². The highest BCUT2D eigenvalue weighted by atomic mass is 35.5. The van der Waals surface area contributed by atoms with Crippen LogP contribution in [0.4, 0.5) is 0 Å². The van der Waals surface area contributed by atoms with Gasteiger partial charge in [-0.3, -0.25) is 0 Å². The average molecular weight is 299 g/mol. The van der Waals surface area contributed by atoms with Crippen molar-refractivity contribution >= 4 is 23.2 Å². The van der Waals surface area contributed by atoms with Crippen LogP contribution in [0.15, 0.2) is 30.3 Å². The van der Waals surface area contributed by atoms with Crippen LogP contribution < -0.4 is 4.74 Å². The van der Waals surface area contributed by atoms with Gasteiger partial charge in [0.05, 0.1) is 0 Å². The van der Waals surface area contributed by atoms with Gasteiger partial charge in [-0.15, -0.1) is 0 Å². The zero-order valence-electron chi connectivity index (χ0n) is 10.3. The van der Waals surface area contributed by atoms with Crippen LogP contribution in [-0.2, 0) is 18.0 Å². The van der Waals surface area contributed by atoms with Crippen molar-refractivity contribution in [1.82, 2.24) is 9.97 Å². The van der Waals surface area contributed by atoms with E-state index >= 15 is 0 Å². The lowest BCUT2D eigenvalue weighted by Gasteiger charge is -2.08. The minimum absolute atomic E-state index is 0.281. The summed E-state index contributed by atoms with van der Waals surface area (Å²) in [7, 11) is 1.56. The third-order valence-electron chi connectivity index (χ3n) is 2.32. The molecular formula is C13H12Cl2N2O2. The fourth-order valence-electron chi connectivity index (χ4n) is 1.48. The summed E-state index contributed by atoms with van der Waals surface area (Å²) in [6.45, 7) is 0.600. The van der Waals surface area contributed by atoms with E-state index in [2.05, 4.69) is 9.97 Å². The first-order valence-electron chi connectivity index (χ1n) is 5.57. The maximum absolute atomic E-state index is 6.04. The summed E-state index contributed by atoms with van der Waals surface area (Å²) in [6, 6.07) is 9.01. The molecule has 0 aliphatic heterocycles. The molecule has 0 unspecified atom stereocenters. The van der Waals surface area contributed by atoms with E-state index in [1.54, 1.807) is 13.2 Å². The Morgan fingerprint density at radius 3 is 2.63 bits per heavy atom. The van der Waals surface area contributed by atoms with Crippen LogP contribution in [0.2, 0.25) is 10.2 Å². The van der Waals surface area contributed by atoms with Crippen molar-refractivity contribution in [3.63, 3.8) is 0 Å². The number of halogens is 2. The van der Waals surface area contributed by atoms with Gasteiger partial charge in [-0.25, -0.2) is 4.98 Å². The second-order valence-corrected chi connectivity index (χ2v) is 4.55. The van der Waals surface area contributed by atoms with Gasteiger partial charge in [0, 0.05) is 23.8 Å². The van der Waals surface area contributed by atoms with Gasteiger partial charge < -0.3 is 9.47 Å². The number of methoxy groups -OCH3 is 1. The number of nitrogens with zero attached hydrogens (tertiary/aromatic N) is 2. The maximum atomic E-state index is 6.04. The molecule has 0 aliphatic rings. The zero-order chi connectivity index (χ0) is 13.7. The van der Waals surface area contributed by atoms with Gasteiger partial charge in [-0.05, 0) is 6.07 Å². The highest BCUT2D eigenvalue weighted by Crippen LogP contribution is 2.19. The highest BCUT2D eigenvalue weighted by Gasteiger charge is 2.06. The fourth-order valence-corrected chi connectivity index (χ4v) is 1.86. The van der Waals surface area contributed by atoms with Crippen LogP contribution in [0.3, 0.4) is 0 Å². The Morgan fingerprint density at radius 2 is 1.89 bits per heavy atom. The quantitative estimate of drug-likeness (QED) is 0.793. The molecule has 0 N–H and O–H groups in total. The molecule has 1 aromatic carbocycles. The van der Waals surface area contributed by atoms with Gasteiger partial charge in [0.25, 0.3) is 0 Å². The zero-order valence-corrected chi connectivity index (χ0v) is 11.8. The molecule has 0 atom stereocenters. The molecule has 0 saturated heterocycles. The molecule has 100 valence electrons. The van der Waals surface area contributed by atoms with Crippen LogP contribution >= 0.6 is 23.2 Å². The summed E-state index contributed by atoms with van der Waals surface area (Å²) in [4.78, 5) is 8.20. The van der Waals surface area contributed by atoms with E-state index in [1.165, 1.54) is 0 Å². The Hall–Kier alpha value is -1.36. The summed E-state index contributed by atoms with van der Waals surface area (Å²) in [5, 5.41) is 0.968. The Bertz CT molecular complexity index is 564. The van der Waals surface area contributed by atoms with Crippen molar-refractivity contribution < 1.29 is 9.47 Å². The topological polar surface area (TPSA) is 44.2 Å². The van der Waals surface area contributed by atoms with E-state index in [1.807, 2.05) is 24.3 Å². The van der Waals surface area contributed by atoms with Crippen LogP contribution in [0.5, 0.6) is 5.88 Å². The molecule has 0 bridgehead atoms. The Morgan fingerprint density at radius 1 is 1.11 bits per heavy atom. The second-order valence-electron chi connectivity index (χ2n) is 3.76. The van der Waals surface area contributed by atoms with Gasteiger partial charge in [0.2, 0.25) is 5.88 Å². The molecule has 1 heterocycles. The predicted molar refractivity (Wildman–Crippen MR) is 73.5 cm³/mol. The minimum atomic E-state index is 0.281. The Balaban J connectivity index is 2.09. The summed E-state index contributed by atoms with van der Waals surface area (Å²) in [5.74, 6) is 0.871. The van der Waals surface area contributed by atoms with E-state index in [4.69, 9.17) is 32.7 Å². The molecule has 0 spiro atoms. The number of aromatic nitrogens is 2. The van der Waals surface area contributed by atoms with Crippen molar-refractivity contribution in [2.24, 2.45) is 0 Å². The number of hydrogen-bond donors (Lipinski definition) is 0. The minimum Gasteiger partial charge on any atom is -0.473 e. The first-order valence-corrected chi connectivity index (χ1v) is 6.33. The van der Waals surface area contributed by atoms with Gasteiger partial charge in [0.15, 0.2) is 5.82 Å². The third-order valence-corrected chi connectivity index (χ3v) is 2.89. The number of ether oxygens (including phenoxy) is 2. The van der Waals surface area contributed by atoms with Crippen molar-refractivity contribution in [3.05, 3.63) is 51.9 Å². The largest absolute Gasteiger partial charge is 0.473 e. The first-order chi connectivity index (χ1) is 9.19. The van der Waals surface area contributed by atoms with Crippen molar-refractivity contribution in [2.45, 2.75) is 13.2 Å². The van der Waals surface area contributed by atoms with E-state index in [0.717, 1.165) is 5.56 Å². The molecule has 0 aliphatic carbocycles. The summed E-state index contributed by atoms with van der Waals surface area (Å²) in [6.07, 6.45) is 0. The summed E-state index contributed by atoms with van der Waals surface area (Å²) < 4.78 is 10.5. The van der Waals surface area contributed by atoms with Gasteiger partial charge in [0.1, 0.15) is 18.4 Å². The Kier molecular flexibility index (Phi) is 4.96. The molecule has 0 radical (unpaired) electrons. The van der Waals surface area contributed by atoms with Crippen molar-refractivity contribution in [3.8, 4) is 5.88 Å². The van der Waals surface area contributed by atoms with Crippen LogP contribution in [0.25, 0.3) is 0 Å². The molecular weight excluding hydrogens is 287 g/mol. The number of rotatable bonds is 5. The van der Waals surface area contributed by atoms with E-state index in [0.29, 0.717) is 28.5 Å². The number of benzene rings is 1. The highest BCUT2D eigenvalue weighted by molar-refractivity contribution is 6.31. The molecule has 1 aromatic heterocycles. The van der Waals surface area contributed by atoms with Gasteiger partial charge in [-0.2, -0.15) is 4.98 Å².